The second kappa shape index (κ2) is 7.36. The lowest BCUT2D eigenvalue weighted by molar-refractivity contribution is 0.316. The van der Waals surface area contributed by atoms with Crippen molar-refractivity contribution in [3.63, 3.8) is 0 Å². The lowest BCUT2D eigenvalue weighted by Crippen LogP contribution is -2.32. The van der Waals surface area contributed by atoms with Gasteiger partial charge in [-0.2, -0.15) is 0 Å². The van der Waals surface area contributed by atoms with Gasteiger partial charge in [0.05, 0.1) is 0 Å². The van der Waals surface area contributed by atoms with Gasteiger partial charge in [-0.1, -0.05) is 30.3 Å². The van der Waals surface area contributed by atoms with Gasteiger partial charge in [-0.3, -0.25) is 0 Å². The fourth-order valence-corrected chi connectivity index (χ4v) is 2.62. The van der Waals surface area contributed by atoms with Gasteiger partial charge in [0.2, 0.25) is 0 Å². The van der Waals surface area contributed by atoms with Crippen LogP contribution in [-0.2, 0) is 6.54 Å². The molecule has 0 spiro atoms. The van der Waals surface area contributed by atoms with Crippen LogP contribution in [0.2, 0.25) is 0 Å². The molecule has 4 nitrogen and oxygen atoms in total. The summed E-state index contributed by atoms with van der Waals surface area (Å²) in [5.74, 6) is 1.76. The van der Waals surface area contributed by atoms with Crippen LogP contribution >= 0.6 is 0 Å². The van der Waals surface area contributed by atoms with Crippen molar-refractivity contribution in [1.82, 2.24) is 14.9 Å². The second-order valence-electron chi connectivity index (χ2n) is 6.06. The van der Waals surface area contributed by atoms with Crippen LogP contribution in [0.5, 0.6) is 0 Å². The lowest BCUT2D eigenvalue weighted by Gasteiger charge is -2.23. The molecule has 1 aromatic carbocycles. The van der Waals surface area contributed by atoms with Gasteiger partial charge < -0.3 is 10.2 Å². The van der Waals surface area contributed by atoms with Gasteiger partial charge in [0.25, 0.3) is 0 Å². The number of anilines is 1. The van der Waals surface area contributed by atoms with Crippen molar-refractivity contribution in [1.29, 1.82) is 0 Å². The fourth-order valence-electron chi connectivity index (χ4n) is 2.62. The molecule has 1 heterocycles. The van der Waals surface area contributed by atoms with Gasteiger partial charge in [0.1, 0.15) is 11.6 Å². The van der Waals surface area contributed by atoms with Crippen molar-refractivity contribution in [2.75, 3.05) is 18.9 Å². The summed E-state index contributed by atoms with van der Waals surface area (Å²) in [5.41, 5.74) is 3.50. The number of benzene rings is 1. The summed E-state index contributed by atoms with van der Waals surface area (Å²) in [7, 11) is 2.15. The molecule has 1 atom stereocenters. The first-order valence-electron chi connectivity index (χ1n) is 7.76. The van der Waals surface area contributed by atoms with E-state index in [9.17, 15) is 0 Å². The molecule has 0 aliphatic rings. The molecular formula is C18H26N4. The summed E-state index contributed by atoms with van der Waals surface area (Å²) >= 11 is 0. The maximum Gasteiger partial charge on any atom is 0.133 e. The van der Waals surface area contributed by atoms with Crippen LogP contribution in [0.1, 0.15) is 29.6 Å². The Morgan fingerprint density at radius 1 is 1.09 bits per heavy atom. The lowest BCUT2D eigenvalue weighted by atomic mass is 10.2. The van der Waals surface area contributed by atoms with Gasteiger partial charge in [0, 0.05) is 30.4 Å². The number of rotatable bonds is 6. The van der Waals surface area contributed by atoms with Crippen molar-refractivity contribution in [3.05, 3.63) is 53.0 Å². The molecule has 2 aromatic rings. The second-order valence-corrected chi connectivity index (χ2v) is 6.06. The average molecular weight is 298 g/mol. The predicted molar refractivity (Wildman–Crippen MR) is 92.1 cm³/mol. The quantitative estimate of drug-likeness (QED) is 0.888. The molecular weight excluding hydrogens is 272 g/mol. The smallest absolute Gasteiger partial charge is 0.133 e. The monoisotopic (exact) mass is 298 g/mol. The van der Waals surface area contributed by atoms with Crippen LogP contribution in [0.25, 0.3) is 0 Å². The minimum atomic E-state index is 0.320. The molecule has 0 bridgehead atoms. The van der Waals surface area contributed by atoms with Crippen LogP contribution < -0.4 is 5.32 Å². The van der Waals surface area contributed by atoms with Crippen molar-refractivity contribution < 1.29 is 0 Å². The standard InChI is InChI=1S/C18H26N4/c1-13(11-22(5)12-17-9-7-6-8-10-17)19-18-14(2)15(3)20-16(4)21-18/h6-10,13H,11-12H2,1-5H3,(H,19,20,21). The SMILES string of the molecule is Cc1nc(C)c(C)c(NC(C)CN(C)Cc2ccccc2)n1. The molecule has 22 heavy (non-hydrogen) atoms. The van der Waals surface area contributed by atoms with Crippen molar-refractivity contribution in [2.45, 2.75) is 40.3 Å². The molecule has 1 aromatic heterocycles. The Hall–Kier alpha value is -1.94. The van der Waals surface area contributed by atoms with Crippen molar-refractivity contribution in [3.8, 4) is 0 Å². The first kappa shape index (κ1) is 16.4. The number of likely N-dealkylation sites (N-methyl/N-ethyl adjacent to an activating group) is 1. The maximum atomic E-state index is 4.52. The first-order valence-corrected chi connectivity index (χ1v) is 7.76. The highest BCUT2D eigenvalue weighted by atomic mass is 15.1. The van der Waals surface area contributed by atoms with Crippen LogP contribution in [0.15, 0.2) is 30.3 Å². The highest BCUT2D eigenvalue weighted by molar-refractivity contribution is 5.46. The fraction of sp³-hybridized carbons (Fsp3) is 0.444. The molecule has 0 saturated heterocycles. The minimum absolute atomic E-state index is 0.320. The summed E-state index contributed by atoms with van der Waals surface area (Å²) in [5, 5.41) is 3.52. The zero-order valence-corrected chi connectivity index (χ0v) is 14.2. The van der Waals surface area contributed by atoms with E-state index in [4.69, 9.17) is 0 Å². The van der Waals surface area contributed by atoms with Gasteiger partial charge >= 0.3 is 0 Å². The number of hydrogen-bond donors (Lipinski definition) is 1. The first-order chi connectivity index (χ1) is 10.5. The summed E-state index contributed by atoms with van der Waals surface area (Å²) in [6.07, 6.45) is 0. The van der Waals surface area contributed by atoms with Gasteiger partial charge in [-0.15, -0.1) is 0 Å². The summed E-state index contributed by atoms with van der Waals surface area (Å²) in [6, 6.07) is 10.9. The molecule has 0 fully saturated rings. The molecule has 118 valence electrons. The summed E-state index contributed by atoms with van der Waals surface area (Å²) < 4.78 is 0. The van der Waals surface area contributed by atoms with Crippen LogP contribution in [0.4, 0.5) is 5.82 Å². The number of nitrogens with zero attached hydrogens (tertiary/aromatic N) is 3. The van der Waals surface area contributed by atoms with E-state index in [1.807, 2.05) is 13.8 Å². The van der Waals surface area contributed by atoms with E-state index < -0.39 is 0 Å². The average Bonchev–Trinajstić information content (AvgIpc) is 2.45. The number of aromatic nitrogens is 2. The Bertz CT molecular complexity index is 610. The Labute approximate surface area is 133 Å². The number of hydrogen-bond acceptors (Lipinski definition) is 4. The predicted octanol–water partition coefficient (Wildman–Crippen LogP) is 3.33. The largest absolute Gasteiger partial charge is 0.366 e. The van der Waals surface area contributed by atoms with Gasteiger partial charge in [0.15, 0.2) is 0 Å². The van der Waals surface area contributed by atoms with Crippen LogP contribution in [0, 0.1) is 20.8 Å². The van der Waals surface area contributed by atoms with Gasteiger partial charge in [-0.25, -0.2) is 9.97 Å². The molecule has 1 unspecified atom stereocenters. The normalized spacial score (nSPS) is 12.5. The molecule has 4 heteroatoms. The minimum Gasteiger partial charge on any atom is -0.366 e. The molecule has 0 amide bonds. The topological polar surface area (TPSA) is 41.1 Å². The molecule has 0 aliphatic heterocycles. The van der Waals surface area contributed by atoms with Crippen LogP contribution in [-0.4, -0.2) is 34.5 Å². The zero-order chi connectivity index (χ0) is 16.1. The Morgan fingerprint density at radius 3 is 2.45 bits per heavy atom. The summed E-state index contributed by atoms with van der Waals surface area (Å²) in [6.45, 7) is 10.1. The summed E-state index contributed by atoms with van der Waals surface area (Å²) in [4.78, 5) is 11.2. The van der Waals surface area contributed by atoms with Crippen molar-refractivity contribution >= 4 is 5.82 Å². The van der Waals surface area contributed by atoms with E-state index in [-0.39, 0.29) is 0 Å². The van der Waals surface area contributed by atoms with E-state index in [1.165, 1.54) is 5.56 Å². The maximum absolute atomic E-state index is 4.52. The van der Waals surface area contributed by atoms with Crippen LogP contribution in [0.3, 0.4) is 0 Å². The third kappa shape index (κ3) is 4.53. The van der Waals surface area contributed by atoms with Gasteiger partial charge in [-0.05, 0) is 40.3 Å². The Kier molecular flexibility index (Phi) is 5.50. The Morgan fingerprint density at radius 2 is 1.77 bits per heavy atom. The van der Waals surface area contributed by atoms with Crippen molar-refractivity contribution in [2.24, 2.45) is 0 Å². The van der Waals surface area contributed by atoms with E-state index in [0.717, 1.165) is 36.0 Å². The third-order valence-electron chi connectivity index (χ3n) is 3.76. The molecule has 0 radical (unpaired) electrons. The molecule has 0 saturated carbocycles. The van der Waals surface area contributed by atoms with E-state index in [2.05, 4.69) is 71.4 Å². The number of aryl methyl sites for hydroxylation is 2. The molecule has 2 rings (SSSR count). The number of nitrogens with one attached hydrogen (secondary N) is 1. The molecule has 0 aliphatic carbocycles. The molecule has 1 N–H and O–H groups in total. The van der Waals surface area contributed by atoms with E-state index in [1.54, 1.807) is 0 Å². The highest BCUT2D eigenvalue weighted by Gasteiger charge is 2.11. The Balaban J connectivity index is 1.94. The highest BCUT2D eigenvalue weighted by Crippen LogP contribution is 2.15. The van der Waals surface area contributed by atoms with E-state index >= 15 is 0 Å². The third-order valence-corrected chi connectivity index (χ3v) is 3.76. The van der Waals surface area contributed by atoms with E-state index in [0.29, 0.717) is 6.04 Å². The zero-order valence-electron chi connectivity index (χ0n) is 14.2.